The smallest absolute Gasteiger partial charge is 0.323 e. The molecule has 106 valence electrons. The van der Waals surface area contributed by atoms with Crippen LogP contribution >= 0.6 is 0 Å². The molecule has 0 aromatic carbocycles. The zero-order valence-corrected chi connectivity index (χ0v) is 11.6. The van der Waals surface area contributed by atoms with E-state index < -0.39 is 5.97 Å². The van der Waals surface area contributed by atoms with Crippen LogP contribution in [-0.4, -0.2) is 49.1 Å². The van der Waals surface area contributed by atoms with Crippen LogP contribution in [0.15, 0.2) is 18.5 Å². The average Bonchev–Trinajstić information content (AvgIpc) is 2.77. The Hall–Kier alpha value is -2.44. The summed E-state index contributed by atoms with van der Waals surface area (Å²) < 4.78 is 1.50. The second-order valence-electron chi connectivity index (χ2n) is 4.82. The summed E-state index contributed by atoms with van der Waals surface area (Å²) in [5.74, 6) is -1.43. The third kappa shape index (κ3) is 2.61. The molecule has 0 fully saturated rings. The van der Waals surface area contributed by atoms with Gasteiger partial charge in [-0.1, -0.05) is 0 Å². The van der Waals surface area contributed by atoms with E-state index in [1.54, 1.807) is 26.1 Å². The molecule has 2 aromatic heterocycles. The molecular formula is C13H16N4O3. The molecule has 0 radical (unpaired) electrons. The maximum atomic E-state index is 12.5. The van der Waals surface area contributed by atoms with Gasteiger partial charge in [0.25, 0.3) is 5.91 Å². The second-order valence-corrected chi connectivity index (χ2v) is 4.82. The molecule has 0 aliphatic rings. The number of carboxylic acids is 1. The number of carbonyl (C=O) groups excluding carboxylic acids is 1. The van der Waals surface area contributed by atoms with E-state index in [-0.39, 0.29) is 18.5 Å². The van der Waals surface area contributed by atoms with E-state index in [1.807, 2.05) is 6.92 Å². The first-order valence-electron chi connectivity index (χ1n) is 6.24. The van der Waals surface area contributed by atoms with Gasteiger partial charge < -0.3 is 10.0 Å². The van der Waals surface area contributed by atoms with Crippen molar-refractivity contribution in [2.75, 3.05) is 6.54 Å². The van der Waals surface area contributed by atoms with E-state index in [2.05, 4.69) is 10.1 Å². The molecule has 0 bridgehead atoms. The van der Waals surface area contributed by atoms with E-state index >= 15 is 0 Å². The van der Waals surface area contributed by atoms with Gasteiger partial charge in [-0.15, -0.1) is 0 Å². The Morgan fingerprint density at radius 2 is 2.15 bits per heavy atom. The number of hydrogen-bond donors (Lipinski definition) is 1. The standard InChI is InChI=1S/C13H16N4O3/c1-8(2)16(7-11(18)19)13(20)10-6-14-17-5-4-9(3)15-12(10)17/h4-6,8H,7H2,1-3H3,(H,18,19). The number of carboxylic acid groups (broad SMARTS) is 1. The van der Waals surface area contributed by atoms with Crippen LogP contribution in [0.4, 0.5) is 0 Å². The molecule has 1 N–H and O–H groups in total. The minimum absolute atomic E-state index is 0.224. The second kappa shape index (κ2) is 5.28. The summed E-state index contributed by atoms with van der Waals surface area (Å²) in [6, 6.07) is 1.56. The van der Waals surface area contributed by atoms with E-state index in [9.17, 15) is 9.59 Å². The number of rotatable bonds is 4. The first-order valence-corrected chi connectivity index (χ1v) is 6.24. The van der Waals surface area contributed by atoms with Gasteiger partial charge in [0.2, 0.25) is 0 Å². The average molecular weight is 276 g/mol. The van der Waals surface area contributed by atoms with Crippen LogP contribution in [0.25, 0.3) is 5.65 Å². The fourth-order valence-corrected chi connectivity index (χ4v) is 1.90. The normalized spacial score (nSPS) is 11.0. The van der Waals surface area contributed by atoms with Crippen LogP contribution in [0.5, 0.6) is 0 Å². The Bertz CT molecular complexity index is 663. The highest BCUT2D eigenvalue weighted by Gasteiger charge is 2.24. The summed E-state index contributed by atoms with van der Waals surface area (Å²) in [6.07, 6.45) is 3.13. The summed E-state index contributed by atoms with van der Waals surface area (Å²) in [5, 5.41) is 13.0. The monoisotopic (exact) mass is 276 g/mol. The molecule has 0 atom stereocenters. The maximum Gasteiger partial charge on any atom is 0.323 e. The predicted octanol–water partition coefficient (Wildman–Crippen LogP) is 0.973. The van der Waals surface area contributed by atoms with Crippen molar-refractivity contribution in [2.45, 2.75) is 26.8 Å². The Labute approximate surface area is 115 Å². The molecule has 7 heteroatoms. The fourth-order valence-electron chi connectivity index (χ4n) is 1.90. The quantitative estimate of drug-likeness (QED) is 0.899. The van der Waals surface area contributed by atoms with E-state index in [0.717, 1.165) is 5.69 Å². The molecule has 0 unspecified atom stereocenters. The van der Waals surface area contributed by atoms with Crippen LogP contribution in [0.1, 0.15) is 29.9 Å². The topological polar surface area (TPSA) is 87.8 Å². The van der Waals surface area contributed by atoms with Crippen molar-refractivity contribution in [3.05, 3.63) is 29.7 Å². The lowest BCUT2D eigenvalue weighted by atomic mass is 10.2. The van der Waals surface area contributed by atoms with Gasteiger partial charge in [-0.2, -0.15) is 5.10 Å². The van der Waals surface area contributed by atoms with Crippen molar-refractivity contribution >= 4 is 17.5 Å². The highest BCUT2D eigenvalue weighted by molar-refractivity contribution is 6.00. The van der Waals surface area contributed by atoms with Crippen molar-refractivity contribution in [1.82, 2.24) is 19.5 Å². The van der Waals surface area contributed by atoms with Gasteiger partial charge in [-0.3, -0.25) is 9.59 Å². The zero-order chi connectivity index (χ0) is 14.9. The Morgan fingerprint density at radius 3 is 2.75 bits per heavy atom. The minimum Gasteiger partial charge on any atom is -0.480 e. The predicted molar refractivity (Wildman–Crippen MR) is 71.5 cm³/mol. The molecule has 2 aromatic rings. The lowest BCUT2D eigenvalue weighted by molar-refractivity contribution is -0.138. The number of amides is 1. The maximum absolute atomic E-state index is 12.5. The van der Waals surface area contributed by atoms with Gasteiger partial charge in [0, 0.05) is 17.9 Å². The first-order chi connectivity index (χ1) is 9.40. The Balaban J connectivity index is 2.43. The molecule has 0 saturated heterocycles. The Kier molecular flexibility index (Phi) is 3.69. The molecule has 2 heterocycles. The van der Waals surface area contributed by atoms with Crippen LogP contribution in [0.2, 0.25) is 0 Å². The van der Waals surface area contributed by atoms with Gasteiger partial charge in [-0.25, -0.2) is 9.50 Å². The van der Waals surface area contributed by atoms with Crippen LogP contribution < -0.4 is 0 Å². The number of carbonyl (C=O) groups is 2. The van der Waals surface area contributed by atoms with Crippen LogP contribution in [-0.2, 0) is 4.79 Å². The van der Waals surface area contributed by atoms with E-state index in [1.165, 1.54) is 15.6 Å². The summed E-state index contributed by atoms with van der Waals surface area (Å²) in [4.78, 5) is 28.9. The van der Waals surface area contributed by atoms with Gasteiger partial charge in [0.15, 0.2) is 5.65 Å². The molecular weight excluding hydrogens is 260 g/mol. The third-order valence-corrected chi connectivity index (χ3v) is 2.93. The zero-order valence-electron chi connectivity index (χ0n) is 11.6. The first kappa shape index (κ1) is 14.0. The number of aliphatic carboxylic acids is 1. The number of nitrogens with zero attached hydrogens (tertiary/aromatic N) is 4. The number of aromatic nitrogens is 3. The number of aryl methyl sites for hydroxylation is 1. The lowest BCUT2D eigenvalue weighted by Crippen LogP contribution is -2.40. The van der Waals surface area contributed by atoms with Gasteiger partial charge in [-0.05, 0) is 26.8 Å². The van der Waals surface area contributed by atoms with Crippen molar-refractivity contribution in [1.29, 1.82) is 0 Å². The fraction of sp³-hybridized carbons (Fsp3) is 0.385. The third-order valence-electron chi connectivity index (χ3n) is 2.93. The van der Waals surface area contributed by atoms with Gasteiger partial charge in [0.05, 0.1) is 6.20 Å². The van der Waals surface area contributed by atoms with Crippen molar-refractivity contribution in [2.24, 2.45) is 0 Å². The van der Waals surface area contributed by atoms with Gasteiger partial charge in [0.1, 0.15) is 12.1 Å². The van der Waals surface area contributed by atoms with Crippen molar-refractivity contribution in [3.8, 4) is 0 Å². The summed E-state index contributed by atoms with van der Waals surface area (Å²) in [7, 11) is 0. The van der Waals surface area contributed by atoms with E-state index in [4.69, 9.17) is 5.11 Å². The number of hydrogen-bond acceptors (Lipinski definition) is 4. The SMILES string of the molecule is Cc1ccn2ncc(C(=O)N(CC(=O)O)C(C)C)c2n1. The number of fused-ring (bicyclic) bond motifs is 1. The summed E-state index contributed by atoms with van der Waals surface area (Å²) >= 11 is 0. The van der Waals surface area contributed by atoms with E-state index in [0.29, 0.717) is 11.2 Å². The summed E-state index contributed by atoms with van der Waals surface area (Å²) in [5.41, 5.74) is 1.51. The molecule has 0 aliphatic carbocycles. The highest BCUT2D eigenvalue weighted by atomic mass is 16.4. The van der Waals surface area contributed by atoms with Crippen LogP contribution in [0, 0.1) is 6.92 Å². The highest BCUT2D eigenvalue weighted by Crippen LogP contribution is 2.13. The van der Waals surface area contributed by atoms with Crippen LogP contribution in [0.3, 0.4) is 0 Å². The lowest BCUT2D eigenvalue weighted by Gasteiger charge is -2.24. The molecule has 2 rings (SSSR count). The molecule has 0 saturated carbocycles. The molecule has 1 amide bonds. The van der Waals surface area contributed by atoms with Crippen molar-refractivity contribution in [3.63, 3.8) is 0 Å². The minimum atomic E-state index is -1.05. The molecule has 7 nitrogen and oxygen atoms in total. The molecule has 20 heavy (non-hydrogen) atoms. The van der Waals surface area contributed by atoms with Gasteiger partial charge >= 0.3 is 5.97 Å². The molecule has 0 spiro atoms. The summed E-state index contributed by atoms with van der Waals surface area (Å²) in [6.45, 7) is 5.01. The van der Waals surface area contributed by atoms with Crippen molar-refractivity contribution < 1.29 is 14.7 Å². The molecule has 0 aliphatic heterocycles. The Morgan fingerprint density at radius 1 is 1.45 bits per heavy atom. The largest absolute Gasteiger partial charge is 0.480 e.